The smallest absolute Gasteiger partial charge is 0.216 e. The number of rotatable bonds is 2. The average Bonchev–Trinajstić information content (AvgIpc) is 1.96. The zero-order chi connectivity index (χ0) is 11.7. The van der Waals surface area contributed by atoms with E-state index in [4.69, 9.17) is 5.73 Å². The average molecular weight is 212 g/mol. The van der Waals surface area contributed by atoms with Crippen LogP contribution in [0.1, 0.15) is 47.0 Å². The van der Waals surface area contributed by atoms with Crippen molar-refractivity contribution in [1.82, 2.24) is 5.32 Å². The first kappa shape index (κ1) is 12.5. The summed E-state index contributed by atoms with van der Waals surface area (Å²) in [5, 5.41) is 2.92. The van der Waals surface area contributed by atoms with E-state index in [2.05, 4.69) is 26.1 Å². The predicted molar refractivity (Wildman–Crippen MR) is 62.4 cm³/mol. The Hall–Kier alpha value is -0.570. The molecule has 1 saturated carbocycles. The van der Waals surface area contributed by atoms with Crippen LogP contribution in [0.25, 0.3) is 0 Å². The van der Waals surface area contributed by atoms with Crippen molar-refractivity contribution >= 4 is 5.91 Å². The molecule has 0 heterocycles. The maximum absolute atomic E-state index is 10.9. The second-order valence-electron chi connectivity index (χ2n) is 6.23. The minimum absolute atomic E-state index is 0.0492. The lowest BCUT2D eigenvalue weighted by molar-refractivity contribution is -0.119. The van der Waals surface area contributed by atoms with E-state index in [1.54, 1.807) is 6.92 Å². The summed E-state index contributed by atoms with van der Waals surface area (Å²) in [5.74, 6) is 0.0492. The predicted octanol–water partition coefficient (Wildman–Crippen LogP) is 1.67. The number of carbonyl (C=O) groups is 1. The molecule has 0 saturated heterocycles. The molecule has 2 unspecified atom stereocenters. The van der Waals surface area contributed by atoms with Gasteiger partial charge in [0.15, 0.2) is 0 Å². The largest absolute Gasteiger partial charge is 0.356 e. The molecule has 2 atom stereocenters. The van der Waals surface area contributed by atoms with Gasteiger partial charge >= 0.3 is 0 Å². The van der Waals surface area contributed by atoms with E-state index in [9.17, 15) is 4.79 Å². The molecule has 0 aromatic heterocycles. The first-order valence-electron chi connectivity index (χ1n) is 5.73. The van der Waals surface area contributed by atoms with E-state index in [-0.39, 0.29) is 17.4 Å². The van der Waals surface area contributed by atoms with Gasteiger partial charge in [0, 0.05) is 19.5 Å². The summed E-state index contributed by atoms with van der Waals surface area (Å²) < 4.78 is 0. The zero-order valence-electron chi connectivity index (χ0n) is 10.4. The fraction of sp³-hybridized carbons (Fsp3) is 0.917. The standard InChI is InChI=1S/C12H24N2O/c1-9(15)14-8-12(4)6-10(13)5-11(2,3)7-12/h10H,5-8,13H2,1-4H3,(H,14,15). The molecule has 0 aliphatic heterocycles. The van der Waals surface area contributed by atoms with Gasteiger partial charge in [0.2, 0.25) is 5.91 Å². The van der Waals surface area contributed by atoms with E-state index in [0.717, 1.165) is 25.8 Å². The molecule has 15 heavy (non-hydrogen) atoms. The Labute approximate surface area is 92.8 Å². The Bertz CT molecular complexity index is 250. The monoisotopic (exact) mass is 212 g/mol. The summed E-state index contributed by atoms with van der Waals surface area (Å²) in [4.78, 5) is 10.9. The Balaban J connectivity index is 2.62. The van der Waals surface area contributed by atoms with Crippen LogP contribution >= 0.6 is 0 Å². The van der Waals surface area contributed by atoms with Crippen molar-refractivity contribution in [1.29, 1.82) is 0 Å². The van der Waals surface area contributed by atoms with Gasteiger partial charge in [0.1, 0.15) is 0 Å². The third kappa shape index (κ3) is 3.82. The number of hydrogen-bond donors (Lipinski definition) is 2. The van der Waals surface area contributed by atoms with Gasteiger partial charge in [-0.15, -0.1) is 0 Å². The van der Waals surface area contributed by atoms with E-state index in [1.807, 2.05) is 0 Å². The zero-order valence-corrected chi connectivity index (χ0v) is 10.4. The van der Waals surface area contributed by atoms with Crippen LogP contribution in [0.4, 0.5) is 0 Å². The van der Waals surface area contributed by atoms with Crippen LogP contribution in [0.2, 0.25) is 0 Å². The van der Waals surface area contributed by atoms with Crippen molar-refractivity contribution in [3.05, 3.63) is 0 Å². The van der Waals surface area contributed by atoms with Crippen molar-refractivity contribution in [3.8, 4) is 0 Å². The van der Waals surface area contributed by atoms with Crippen molar-refractivity contribution in [2.75, 3.05) is 6.54 Å². The van der Waals surface area contributed by atoms with E-state index in [1.165, 1.54) is 0 Å². The van der Waals surface area contributed by atoms with Crippen LogP contribution < -0.4 is 11.1 Å². The highest BCUT2D eigenvalue weighted by Crippen LogP contribution is 2.45. The number of nitrogens with two attached hydrogens (primary N) is 1. The van der Waals surface area contributed by atoms with Gasteiger partial charge in [-0.25, -0.2) is 0 Å². The second kappa shape index (κ2) is 4.12. The topological polar surface area (TPSA) is 55.1 Å². The van der Waals surface area contributed by atoms with E-state index >= 15 is 0 Å². The van der Waals surface area contributed by atoms with Gasteiger partial charge in [0.05, 0.1) is 0 Å². The third-order valence-corrected chi connectivity index (χ3v) is 3.24. The third-order valence-electron chi connectivity index (χ3n) is 3.24. The maximum atomic E-state index is 10.9. The molecule has 88 valence electrons. The number of nitrogens with one attached hydrogen (secondary N) is 1. The van der Waals surface area contributed by atoms with Crippen molar-refractivity contribution in [3.63, 3.8) is 0 Å². The minimum Gasteiger partial charge on any atom is -0.356 e. The highest BCUT2D eigenvalue weighted by molar-refractivity contribution is 5.72. The molecule has 1 fully saturated rings. The van der Waals surface area contributed by atoms with Crippen molar-refractivity contribution in [2.45, 2.75) is 53.0 Å². The molecule has 1 aliphatic carbocycles. The van der Waals surface area contributed by atoms with Crippen LogP contribution in [0.15, 0.2) is 0 Å². The summed E-state index contributed by atoms with van der Waals surface area (Å²) in [6.45, 7) is 9.07. The maximum Gasteiger partial charge on any atom is 0.216 e. The Morgan fingerprint density at radius 3 is 2.47 bits per heavy atom. The molecule has 0 aromatic rings. The van der Waals surface area contributed by atoms with Gasteiger partial charge in [-0.1, -0.05) is 20.8 Å². The SMILES string of the molecule is CC(=O)NCC1(C)CC(N)CC(C)(C)C1. The summed E-state index contributed by atoms with van der Waals surface area (Å²) >= 11 is 0. The fourth-order valence-corrected chi connectivity index (χ4v) is 3.19. The van der Waals surface area contributed by atoms with Crippen LogP contribution in [-0.2, 0) is 4.79 Å². The number of amides is 1. The van der Waals surface area contributed by atoms with Gasteiger partial charge in [-0.2, -0.15) is 0 Å². The van der Waals surface area contributed by atoms with Crippen LogP contribution in [0.5, 0.6) is 0 Å². The van der Waals surface area contributed by atoms with Crippen molar-refractivity contribution in [2.24, 2.45) is 16.6 Å². The van der Waals surface area contributed by atoms with E-state index in [0.29, 0.717) is 5.41 Å². The Morgan fingerprint density at radius 2 is 2.00 bits per heavy atom. The molecular formula is C12H24N2O. The lowest BCUT2D eigenvalue weighted by Crippen LogP contribution is -2.47. The van der Waals surface area contributed by atoms with Crippen molar-refractivity contribution < 1.29 is 4.79 Å². The number of hydrogen-bond acceptors (Lipinski definition) is 2. The first-order chi connectivity index (χ1) is 6.72. The lowest BCUT2D eigenvalue weighted by Gasteiger charge is -2.45. The lowest BCUT2D eigenvalue weighted by atomic mass is 9.63. The van der Waals surface area contributed by atoms with Gasteiger partial charge < -0.3 is 11.1 Å². The number of carbonyl (C=O) groups excluding carboxylic acids is 1. The molecular weight excluding hydrogens is 188 g/mol. The fourth-order valence-electron chi connectivity index (χ4n) is 3.19. The second-order valence-corrected chi connectivity index (χ2v) is 6.23. The molecule has 1 amide bonds. The molecule has 3 nitrogen and oxygen atoms in total. The molecule has 3 heteroatoms. The molecule has 0 bridgehead atoms. The highest BCUT2D eigenvalue weighted by Gasteiger charge is 2.39. The Morgan fingerprint density at radius 1 is 1.40 bits per heavy atom. The first-order valence-corrected chi connectivity index (χ1v) is 5.73. The molecule has 0 aromatic carbocycles. The minimum atomic E-state index is 0.0492. The highest BCUT2D eigenvalue weighted by atomic mass is 16.1. The molecule has 0 spiro atoms. The Kier molecular flexibility index (Phi) is 3.44. The van der Waals surface area contributed by atoms with Crippen LogP contribution in [0, 0.1) is 10.8 Å². The molecule has 0 radical (unpaired) electrons. The molecule has 1 rings (SSSR count). The summed E-state index contributed by atoms with van der Waals surface area (Å²) in [5.41, 5.74) is 6.54. The van der Waals surface area contributed by atoms with Gasteiger partial charge in [-0.3, -0.25) is 4.79 Å². The van der Waals surface area contributed by atoms with E-state index < -0.39 is 0 Å². The normalized spacial score (nSPS) is 34.9. The van der Waals surface area contributed by atoms with Gasteiger partial charge in [-0.05, 0) is 30.1 Å². The quantitative estimate of drug-likeness (QED) is 0.731. The summed E-state index contributed by atoms with van der Waals surface area (Å²) in [6, 6.07) is 0.271. The van der Waals surface area contributed by atoms with Gasteiger partial charge in [0.25, 0.3) is 0 Å². The van der Waals surface area contributed by atoms with Crippen LogP contribution in [-0.4, -0.2) is 18.5 Å². The van der Waals surface area contributed by atoms with Crippen LogP contribution in [0.3, 0.4) is 0 Å². The summed E-state index contributed by atoms with van der Waals surface area (Å²) in [7, 11) is 0. The summed E-state index contributed by atoms with van der Waals surface area (Å²) in [6.07, 6.45) is 3.23. The molecule has 1 aliphatic rings. The molecule has 3 N–H and O–H groups in total.